The smallest absolute Gasteiger partial charge is 0.126 e. The van der Waals surface area contributed by atoms with Crippen molar-refractivity contribution in [1.82, 2.24) is 5.32 Å². The number of likely N-dealkylation sites (N-methyl/N-ethyl adjacent to an activating group) is 1. The topological polar surface area (TPSA) is 12.0 Å². The van der Waals surface area contributed by atoms with Gasteiger partial charge in [0.2, 0.25) is 0 Å². The summed E-state index contributed by atoms with van der Waals surface area (Å²) in [6.45, 7) is 4.33. The molecule has 0 aromatic heterocycles. The Labute approximate surface area is 112 Å². The fourth-order valence-corrected chi connectivity index (χ4v) is 2.61. The molecule has 1 unspecified atom stereocenters. The number of hydrogen-bond acceptors (Lipinski definition) is 2. The number of benzene rings is 1. The van der Waals surface area contributed by atoms with Gasteiger partial charge in [-0.2, -0.15) is 11.8 Å². The molecule has 0 aliphatic rings. The van der Waals surface area contributed by atoms with E-state index in [1.54, 1.807) is 12.1 Å². The molecule has 1 atom stereocenters. The highest BCUT2D eigenvalue weighted by molar-refractivity contribution is 7.99. The first-order chi connectivity index (χ1) is 8.02. The van der Waals surface area contributed by atoms with Crippen molar-refractivity contribution in [2.75, 3.05) is 12.8 Å². The van der Waals surface area contributed by atoms with Gasteiger partial charge < -0.3 is 5.32 Å². The molecular weight excluding hydrogens is 257 g/mol. The van der Waals surface area contributed by atoms with Crippen LogP contribution < -0.4 is 5.32 Å². The van der Waals surface area contributed by atoms with Crippen LogP contribution in [-0.4, -0.2) is 24.1 Å². The van der Waals surface area contributed by atoms with Gasteiger partial charge in [0.1, 0.15) is 5.82 Å². The monoisotopic (exact) mass is 275 g/mol. The third-order valence-electron chi connectivity index (χ3n) is 2.51. The van der Waals surface area contributed by atoms with Crippen LogP contribution in [0.3, 0.4) is 0 Å². The molecule has 1 nitrogen and oxygen atoms in total. The third kappa shape index (κ3) is 5.28. The Kier molecular flexibility index (Phi) is 6.31. The molecule has 1 aromatic rings. The predicted octanol–water partition coefficient (Wildman–Crippen LogP) is 3.75. The van der Waals surface area contributed by atoms with Crippen molar-refractivity contribution < 1.29 is 4.39 Å². The summed E-state index contributed by atoms with van der Waals surface area (Å²) in [4.78, 5) is 0. The number of hydrogen-bond donors (Lipinski definition) is 1. The molecule has 1 aromatic carbocycles. The minimum Gasteiger partial charge on any atom is -0.316 e. The summed E-state index contributed by atoms with van der Waals surface area (Å²) < 4.78 is 13.6. The Bertz CT molecular complexity index is 357. The molecule has 1 rings (SSSR count). The van der Waals surface area contributed by atoms with E-state index in [4.69, 9.17) is 11.6 Å². The van der Waals surface area contributed by atoms with E-state index in [0.717, 1.165) is 5.75 Å². The Morgan fingerprint density at radius 3 is 2.71 bits per heavy atom. The van der Waals surface area contributed by atoms with Gasteiger partial charge in [0.05, 0.1) is 0 Å². The lowest BCUT2D eigenvalue weighted by Gasteiger charge is -2.17. The lowest BCUT2D eigenvalue weighted by molar-refractivity contribution is 0.568. The van der Waals surface area contributed by atoms with Gasteiger partial charge >= 0.3 is 0 Å². The van der Waals surface area contributed by atoms with Crippen LogP contribution in [0.25, 0.3) is 0 Å². The van der Waals surface area contributed by atoms with E-state index in [-0.39, 0.29) is 11.9 Å². The zero-order valence-corrected chi connectivity index (χ0v) is 12.0. The van der Waals surface area contributed by atoms with Crippen LogP contribution in [0.5, 0.6) is 0 Å². The number of thioether (sulfide) groups is 1. The second-order valence-corrected chi connectivity index (χ2v) is 6.35. The molecule has 0 aliphatic carbocycles. The first-order valence-corrected chi connectivity index (χ1v) is 7.18. The molecule has 0 fully saturated rings. The summed E-state index contributed by atoms with van der Waals surface area (Å²) in [5.74, 6) is 0.796. The van der Waals surface area contributed by atoms with Crippen LogP contribution in [-0.2, 0) is 6.42 Å². The van der Waals surface area contributed by atoms with Gasteiger partial charge in [0.25, 0.3) is 0 Å². The maximum Gasteiger partial charge on any atom is 0.126 e. The summed E-state index contributed by atoms with van der Waals surface area (Å²) in [6, 6.07) is 4.99. The van der Waals surface area contributed by atoms with Crippen molar-refractivity contribution in [2.45, 2.75) is 31.6 Å². The molecule has 0 aliphatic heterocycles. The largest absolute Gasteiger partial charge is 0.316 e. The second kappa shape index (κ2) is 7.24. The highest BCUT2D eigenvalue weighted by atomic mass is 35.5. The van der Waals surface area contributed by atoms with Crippen molar-refractivity contribution in [3.63, 3.8) is 0 Å². The predicted molar refractivity (Wildman–Crippen MR) is 75.6 cm³/mol. The SMILES string of the molecule is CNC(CSC(C)C)Cc1cc(Cl)ccc1F. The molecule has 96 valence electrons. The lowest BCUT2D eigenvalue weighted by Crippen LogP contribution is -2.30. The van der Waals surface area contributed by atoms with Gasteiger partial charge in [0.15, 0.2) is 0 Å². The maximum absolute atomic E-state index is 13.6. The van der Waals surface area contributed by atoms with Crippen LogP contribution in [0, 0.1) is 5.82 Å². The van der Waals surface area contributed by atoms with Crippen molar-refractivity contribution in [1.29, 1.82) is 0 Å². The Morgan fingerprint density at radius 1 is 1.41 bits per heavy atom. The van der Waals surface area contributed by atoms with Crippen LogP contribution in [0.4, 0.5) is 4.39 Å². The molecule has 0 saturated heterocycles. The normalized spacial score (nSPS) is 13.1. The van der Waals surface area contributed by atoms with E-state index < -0.39 is 0 Å². The molecule has 1 N–H and O–H groups in total. The van der Waals surface area contributed by atoms with Crippen LogP contribution >= 0.6 is 23.4 Å². The molecule has 4 heteroatoms. The van der Waals surface area contributed by atoms with E-state index in [2.05, 4.69) is 19.2 Å². The minimum atomic E-state index is -0.177. The van der Waals surface area contributed by atoms with Gasteiger partial charge in [-0.3, -0.25) is 0 Å². The average Bonchev–Trinajstić information content (AvgIpc) is 2.28. The number of rotatable bonds is 6. The van der Waals surface area contributed by atoms with Gasteiger partial charge in [-0.25, -0.2) is 4.39 Å². The van der Waals surface area contributed by atoms with Gasteiger partial charge in [-0.05, 0) is 42.5 Å². The summed E-state index contributed by atoms with van der Waals surface area (Å²) in [7, 11) is 1.91. The standard InChI is InChI=1S/C13H19ClFNS/c1-9(2)17-8-12(16-3)7-10-6-11(14)4-5-13(10)15/h4-6,9,12,16H,7-8H2,1-3H3. The van der Waals surface area contributed by atoms with Crippen LogP contribution in [0.1, 0.15) is 19.4 Å². The van der Waals surface area contributed by atoms with Gasteiger partial charge in [-0.15, -0.1) is 0 Å². The second-order valence-electron chi connectivity index (χ2n) is 4.31. The molecule has 0 spiro atoms. The molecule has 0 radical (unpaired) electrons. The van der Waals surface area contributed by atoms with Crippen LogP contribution in [0.2, 0.25) is 5.02 Å². The number of nitrogens with one attached hydrogen (secondary N) is 1. The first-order valence-electron chi connectivity index (χ1n) is 5.75. The third-order valence-corrected chi connectivity index (χ3v) is 4.01. The Balaban J connectivity index is 2.63. The minimum absolute atomic E-state index is 0.177. The van der Waals surface area contributed by atoms with E-state index in [0.29, 0.717) is 22.3 Å². The molecule has 0 amide bonds. The summed E-state index contributed by atoms with van der Waals surface area (Å²) in [5, 5.41) is 4.41. The van der Waals surface area contributed by atoms with E-state index in [1.165, 1.54) is 6.07 Å². The molecule has 17 heavy (non-hydrogen) atoms. The fourth-order valence-electron chi connectivity index (χ4n) is 1.52. The Hall–Kier alpha value is -0.250. The maximum atomic E-state index is 13.6. The number of halogens is 2. The van der Waals surface area contributed by atoms with E-state index in [1.807, 2.05) is 18.8 Å². The van der Waals surface area contributed by atoms with Gasteiger partial charge in [-0.1, -0.05) is 25.4 Å². The molecular formula is C13H19ClFNS. The highest BCUT2D eigenvalue weighted by Crippen LogP contribution is 2.18. The van der Waals surface area contributed by atoms with Crippen molar-refractivity contribution in [2.24, 2.45) is 0 Å². The van der Waals surface area contributed by atoms with Crippen molar-refractivity contribution in [3.8, 4) is 0 Å². The fraction of sp³-hybridized carbons (Fsp3) is 0.538. The van der Waals surface area contributed by atoms with Crippen molar-refractivity contribution in [3.05, 3.63) is 34.6 Å². The highest BCUT2D eigenvalue weighted by Gasteiger charge is 2.12. The quantitative estimate of drug-likeness (QED) is 0.849. The molecule has 0 heterocycles. The summed E-state index contributed by atoms with van der Waals surface area (Å²) >= 11 is 7.75. The van der Waals surface area contributed by atoms with Crippen LogP contribution in [0.15, 0.2) is 18.2 Å². The molecule has 0 bridgehead atoms. The summed E-state index contributed by atoms with van der Waals surface area (Å²) in [6.07, 6.45) is 0.669. The van der Waals surface area contributed by atoms with Crippen molar-refractivity contribution >= 4 is 23.4 Å². The van der Waals surface area contributed by atoms with E-state index in [9.17, 15) is 4.39 Å². The lowest BCUT2D eigenvalue weighted by atomic mass is 10.1. The Morgan fingerprint density at radius 2 is 2.12 bits per heavy atom. The average molecular weight is 276 g/mol. The zero-order valence-electron chi connectivity index (χ0n) is 10.5. The molecule has 0 saturated carbocycles. The summed E-state index contributed by atoms with van der Waals surface area (Å²) in [5.41, 5.74) is 0.682. The zero-order chi connectivity index (χ0) is 12.8. The van der Waals surface area contributed by atoms with E-state index >= 15 is 0 Å². The first kappa shape index (κ1) is 14.8. The van der Waals surface area contributed by atoms with Gasteiger partial charge in [0, 0.05) is 16.8 Å².